The van der Waals surface area contributed by atoms with Crippen LogP contribution in [0, 0.1) is 5.82 Å². The number of fused-ring (bicyclic) bond motifs is 1. The highest BCUT2D eigenvalue weighted by molar-refractivity contribution is 5.95. The molecule has 2 aromatic carbocycles. The largest absolute Gasteiger partial charge is 0.462 e. The van der Waals surface area contributed by atoms with Crippen molar-refractivity contribution in [1.29, 1.82) is 0 Å². The lowest BCUT2D eigenvalue weighted by Gasteiger charge is -2.36. The Bertz CT molecular complexity index is 1560. The Labute approximate surface area is 263 Å². The number of piperazine rings is 1. The number of anilines is 2. The van der Waals surface area contributed by atoms with Crippen LogP contribution in [0.2, 0.25) is 0 Å². The van der Waals surface area contributed by atoms with Crippen LogP contribution in [0.4, 0.5) is 15.8 Å². The molecule has 2 heterocycles. The molecule has 240 valence electrons. The predicted octanol–water partition coefficient (Wildman–Crippen LogP) is 6.06. The molecular weight excluding hydrogens is 575 g/mol. The molecule has 0 bridgehead atoms. The van der Waals surface area contributed by atoms with Gasteiger partial charge in [0.15, 0.2) is 0 Å². The number of esters is 1. The normalized spacial score (nSPS) is 14.9. The summed E-state index contributed by atoms with van der Waals surface area (Å²) in [5, 5.41) is 3.09. The maximum atomic E-state index is 15.4. The number of halogens is 1. The van der Waals surface area contributed by atoms with Crippen molar-refractivity contribution in [2.45, 2.75) is 77.2 Å². The van der Waals surface area contributed by atoms with Crippen molar-refractivity contribution < 1.29 is 23.5 Å². The standard InChI is InChI=1S/C35H43FN4O5/c1-2-45-35(44)28-24-40(26-16-17-26)30-23-31(29(36)22-27(30)34(28)43)38-18-20-39(21-19-38)33(42)15-11-6-4-3-5-10-14-32(41)37-25-12-8-7-9-13-25/h7-9,12-13,22-24,26H,2-6,10-11,14-21H2,1H3,(H,37,41). The van der Waals surface area contributed by atoms with Crippen LogP contribution in [0.1, 0.15) is 87.5 Å². The molecule has 10 heteroatoms. The quantitative estimate of drug-likeness (QED) is 0.174. The molecular formula is C35H43FN4O5. The molecule has 1 saturated carbocycles. The molecule has 2 aliphatic rings. The maximum Gasteiger partial charge on any atom is 0.343 e. The topological polar surface area (TPSA) is 101 Å². The molecule has 0 spiro atoms. The number of rotatable bonds is 14. The highest BCUT2D eigenvalue weighted by atomic mass is 19.1. The summed E-state index contributed by atoms with van der Waals surface area (Å²) in [6, 6.07) is 12.6. The summed E-state index contributed by atoms with van der Waals surface area (Å²) < 4.78 is 22.4. The Balaban J connectivity index is 1.06. The number of amides is 2. The Kier molecular flexibility index (Phi) is 10.9. The SMILES string of the molecule is CCOC(=O)c1cn(C2CC2)c2cc(N3CCN(C(=O)CCCCCCCCC(=O)Nc4ccccc4)CC3)c(F)cc2c1=O. The molecule has 0 unspecified atom stereocenters. The minimum absolute atomic E-state index is 0.0402. The van der Waals surface area contributed by atoms with E-state index in [-0.39, 0.29) is 35.4 Å². The predicted molar refractivity (Wildman–Crippen MR) is 173 cm³/mol. The first-order chi connectivity index (χ1) is 21.9. The van der Waals surface area contributed by atoms with Crippen LogP contribution >= 0.6 is 0 Å². The number of benzene rings is 2. The number of nitrogens with zero attached hydrogens (tertiary/aromatic N) is 3. The second-order valence-electron chi connectivity index (χ2n) is 12.0. The minimum Gasteiger partial charge on any atom is -0.462 e. The second-order valence-corrected chi connectivity index (χ2v) is 12.0. The van der Waals surface area contributed by atoms with Crippen molar-refractivity contribution in [3.63, 3.8) is 0 Å². The van der Waals surface area contributed by atoms with Gasteiger partial charge in [-0.25, -0.2) is 9.18 Å². The van der Waals surface area contributed by atoms with E-state index in [4.69, 9.17) is 4.74 Å². The third kappa shape index (κ3) is 8.29. The van der Waals surface area contributed by atoms with E-state index < -0.39 is 17.2 Å². The summed E-state index contributed by atoms with van der Waals surface area (Å²) in [5.74, 6) is -1.04. The molecule has 1 N–H and O–H groups in total. The molecule has 2 amide bonds. The van der Waals surface area contributed by atoms with E-state index in [1.165, 1.54) is 6.07 Å². The van der Waals surface area contributed by atoms with Gasteiger partial charge in [0.2, 0.25) is 17.2 Å². The van der Waals surface area contributed by atoms with Crippen LogP contribution in [0.5, 0.6) is 0 Å². The van der Waals surface area contributed by atoms with Crippen molar-refractivity contribution in [3.05, 3.63) is 70.3 Å². The van der Waals surface area contributed by atoms with Gasteiger partial charge in [-0.05, 0) is 56.9 Å². The zero-order valence-corrected chi connectivity index (χ0v) is 26.1. The smallest absolute Gasteiger partial charge is 0.343 e. The summed E-state index contributed by atoms with van der Waals surface area (Å²) in [6.45, 7) is 3.86. The number of para-hydroxylation sites is 1. The first kappa shape index (κ1) is 32.2. The van der Waals surface area contributed by atoms with E-state index in [1.54, 1.807) is 19.2 Å². The van der Waals surface area contributed by atoms with Crippen molar-refractivity contribution in [2.24, 2.45) is 0 Å². The van der Waals surface area contributed by atoms with Crippen molar-refractivity contribution >= 4 is 40.1 Å². The lowest BCUT2D eigenvalue weighted by atomic mass is 10.1. The molecule has 0 atom stereocenters. The van der Waals surface area contributed by atoms with Crippen LogP contribution in [0.15, 0.2) is 53.5 Å². The van der Waals surface area contributed by atoms with Crippen LogP contribution < -0.4 is 15.6 Å². The van der Waals surface area contributed by atoms with Gasteiger partial charge in [-0.3, -0.25) is 14.4 Å². The monoisotopic (exact) mass is 618 g/mol. The van der Waals surface area contributed by atoms with Crippen LogP contribution in [0.3, 0.4) is 0 Å². The first-order valence-electron chi connectivity index (χ1n) is 16.3. The summed E-state index contributed by atoms with van der Waals surface area (Å²) in [7, 11) is 0. The number of hydrogen-bond donors (Lipinski definition) is 1. The van der Waals surface area contributed by atoms with Gasteiger partial charge in [-0.1, -0.05) is 43.9 Å². The number of carbonyl (C=O) groups excluding carboxylic acids is 3. The number of pyridine rings is 1. The van der Waals surface area contributed by atoms with Crippen LogP contribution in [-0.2, 0) is 14.3 Å². The van der Waals surface area contributed by atoms with E-state index >= 15 is 4.39 Å². The van der Waals surface area contributed by atoms with Crippen molar-refractivity contribution in [2.75, 3.05) is 43.0 Å². The van der Waals surface area contributed by atoms with Crippen molar-refractivity contribution in [3.8, 4) is 0 Å². The van der Waals surface area contributed by atoms with E-state index in [2.05, 4.69) is 5.32 Å². The zero-order valence-electron chi connectivity index (χ0n) is 26.1. The van der Waals surface area contributed by atoms with Gasteiger partial charge >= 0.3 is 5.97 Å². The molecule has 5 rings (SSSR count). The zero-order chi connectivity index (χ0) is 31.8. The maximum absolute atomic E-state index is 15.4. The fraction of sp³-hybridized carbons (Fsp3) is 0.486. The van der Waals surface area contributed by atoms with Crippen molar-refractivity contribution in [1.82, 2.24) is 9.47 Å². The molecule has 2 fully saturated rings. The molecule has 45 heavy (non-hydrogen) atoms. The van der Waals surface area contributed by atoms with Gasteiger partial charge < -0.3 is 24.4 Å². The van der Waals surface area contributed by atoms with Gasteiger partial charge in [0.25, 0.3) is 0 Å². The molecule has 3 aromatic rings. The van der Waals surface area contributed by atoms with Crippen LogP contribution in [0.25, 0.3) is 10.9 Å². The average molecular weight is 619 g/mol. The molecule has 1 aromatic heterocycles. The molecule has 9 nitrogen and oxygen atoms in total. The number of aromatic nitrogens is 1. The summed E-state index contributed by atoms with van der Waals surface area (Å²) >= 11 is 0. The Hall–Kier alpha value is -4.21. The minimum atomic E-state index is -0.690. The highest BCUT2D eigenvalue weighted by Crippen LogP contribution is 2.38. The summed E-state index contributed by atoms with van der Waals surface area (Å²) in [6.07, 6.45) is 10.2. The summed E-state index contributed by atoms with van der Waals surface area (Å²) in [4.78, 5) is 54.2. The number of ether oxygens (including phenoxy) is 1. The average Bonchev–Trinajstić information content (AvgIpc) is 3.89. The molecule has 1 aliphatic carbocycles. The second kappa shape index (κ2) is 15.2. The number of carbonyl (C=O) groups is 3. The number of nitrogens with one attached hydrogen (secondary N) is 1. The fourth-order valence-corrected chi connectivity index (χ4v) is 5.98. The Morgan fingerprint density at radius 2 is 1.58 bits per heavy atom. The Morgan fingerprint density at radius 3 is 2.24 bits per heavy atom. The van der Waals surface area contributed by atoms with Gasteiger partial charge in [0, 0.05) is 62.3 Å². The van der Waals surface area contributed by atoms with Crippen LogP contribution in [-0.4, -0.2) is 60.0 Å². The number of hydrogen-bond acceptors (Lipinski definition) is 6. The lowest BCUT2D eigenvalue weighted by molar-refractivity contribution is -0.131. The highest BCUT2D eigenvalue weighted by Gasteiger charge is 2.29. The number of unbranched alkanes of at least 4 members (excludes halogenated alkanes) is 5. The third-order valence-electron chi connectivity index (χ3n) is 8.61. The molecule has 1 aliphatic heterocycles. The van der Waals surface area contributed by atoms with Gasteiger partial charge in [0.05, 0.1) is 17.8 Å². The van der Waals surface area contributed by atoms with Gasteiger partial charge in [-0.15, -0.1) is 0 Å². The Morgan fingerprint density at radius 1 is 0.911 bits per heavy atom. The van der Waals surface area contributed by atoms with E-state index in [9.17, 15) is 19.2 Å². The lowest BCUT2D eigenvalue weighted by Crippen LogP contribution is -2.49. The van der Waals surface area contributed by atoms with Gasteiger partial charge in [0.1, 0.15) is 11.4 Å². The summed E-state index contributed by atoms with van der Waals surface area (Å²) in [5.41, 5.74) is 1.25. The van der Waals surface area contributed by atoms with E-state index in [0.717, 1.165) is 57.1 Å². The molecule has 0 radical (unpaired) electrons. The fourth-order valence-electron chi connectivity index (χ4n) is 5.98. The van der Waals surface area contributed by atoms with E-state index in [1.807, 2.05) is 44.7 Å². The molecule has 1 saturated heterocycles. The first-order valence-corrected chi connectivity index (χ1v) is 16.3. The third-order valence-corrected chi connectivity index (χ3v) is 8.61. The van der Waals surface area contributed by atoms with E-state index in [0.29, 0.717) is 50.2 Å². The van der Waals surface area contributed by atoms with Gasteiger partial charge in [-0.2, -0.15) is 0 Å².